The molecule has 0 aliphatic carbocycles. The number of nitro groups is 1. The first-order valence-corrected chi connectivity index (χ1v) is 6.83. The lowest BCUT2D eigenvalue weighted by atomic mass is 10.1. The zero-order valence-electron chi connectivity index (χ0n) is 12.4. The van der Waals surface area contributed by atoms with Crippen molar-refractivity contribution in [1.29, 1.82) is 0 Å². The third-order valence-corrected chi connectivity index (χ3v) is 3.15. The number of carbonyl (C=O) groups is 1. The number of cyclic esters (lactones) is 1. The number of hydrogen-bond donors (Lipinski definition) is 0. The van der Waals surface area contributed by atoms with Gasteiger partial charge < -0.3 is 14.2 Å². The zero-order chi connectivity index (χ0) is 16.6. The fraction of sp³-hybridized carbons (Fsp3) is 0.188. The van der Waals surface area contributed by atoms with Gasteiger partial charge in [-0.05, 0) is 30.3 Å². The van der Waals surface area contributed by atoms with Gasteiger partial charge in [0.05, 0.1) is 4.92 Å². The van der Waals surface area contributed by atoms with E-state index >= 15 is 0 Å². The third kappa shape index (κ3) is 3.08. The topological polar surface area (TPSA) is 87.9 Å². The fourth-order valence-electron chi connectivity index (χ4n) is 2.16. The lowest BCUT2D eigenvalue weighted by Crippen LogP contribution is -2.38. The first-order valence-electron chi connectivity index (χ1n) is 6.83. The van der Waals surface area contributed by atoms with E-state index in [0.29, 0.717) is 17.2 Å². The second kappa shape index (κ2) is 5.28. The van der Waals surface area contributed by atoms with Crippen LogP contribution in [-0.4, -0.2) is 16.7 Å². The van der Waals surface area contributed by atoms with Crippen LogP contribution in [0.2, 0.25) is 0 Å². The van der Waals surface area contributed by atoms with Gasteiger partial charge in [0.1, 0.15) is 22.8 Å². The summed E-state index contributed by atoms with van der Waals surface area (Å²) < 4.78 is 16.3. The Bertz CT molecular complexity index is 782. The molecule has 7 nitrogen and oxygen atoms in total. The maximum atomic E-state index is 12.0. The molecule has 2 aromatic rings. The quantitative estimate of drug-likeness (QED) is 0.488. The number of nitrogens with zero attached hydrogens (tertiary/aromatic N) is 1. The maximum Gasteiger partial charge on any atom is 0.345 e. The molecule has 0 atom stereocenters. The Kier molecular flexibility index (Phi) is 3.40. The average molecular weight is 315 g/mol. The summed E-state index contributed by atoms with van der Waals surface area (Å²) in [6, 6.07) is 10.4. The van der Waals surface area contributed by atoms with Crippen LogP contribution in [0.25, 0.3) is 0 Å². The molecule has 7 heteroatoms. The Balaban J connectivity index is 1.84. The van der Waals surface area contributed by atoms with E-state index in [2.05, 4.69) is 0 Å². The van der Waals surface area contributed by atoms with Crippen LogP contribution in [0.3, 0.4) is 0 Å². The molecule has 2 aromatic carbocycles. The summed E-state index contributed by atoms with van der Waals surface area (Å²) in [7, 11) is 0. The van der Waals surface area contributed by atoms with E-state index < -0.39 is 16.7 Å². The highest BCUT2D eigenvalue weighted by molar-refractivity contribution is 5.94. The van der Waals surface area contributed by atoms with E-state index in [1.807, 2.05) is 0 Å². The minimum Gasteiger partial charge on any atom is -0.457 e. The van der Waals surface area contributed by atoms with Crippen LogP contribution >= 0.6 is 0 Å². The predicted molar refractivity (Wildman–Crippen MR) is 79.7 cm³/mol. The Morgan fingerprint density at radius 2 is 1.70 bits per heavy atom. The van der Waals surface area contributed by atoms with E-state index in [9.17, 15) is 14.9 Å². The van der Waals surface area contributed by atoms with Crippen LogP contribution in [0.1, 0.15) is 24.2 Å². The molecule has 0 amide bonds. The number of esters is 1. The summed E-state index contributed by atoms with van der Waals surface area (Å²) in [5.41, 5.74) is 0.241. The molecule has 0 saturated carbocycles. The lowest BCUT2D eigenvalue weighted by molar-refractivity contribution is -0.384. The molecule has 3 rings (SSSR count). The highest BCUT2D eigenvalue weighted by Gasteiger charge is 2.34. The summed E-state index contributed by atoms with van der Waals surface area (Å²) in [6.07, 6.45) is 0. The van der Waals surface area contributed by atoms with Gasteiger partial charge in [0.15, 0.2) is 0 Å². The molecular formula is C16H13NO6. The van der Waals surface area contributed by atoms with Crippen LogP contribution in [0, 0.1) is 10.1 Å². The molecule has 1 aliphatic rings. The summed E-state index contributed by atoms with van der Waals surface area (Å²) in [5.74, 6) is -0.267. The van der Waals surface area contributed by atoms with Crippen LogP contribution in [0.4, 0.5) is 5.69 Å². The van der Waals surface area contributed by atoms with E-state index in [0.717, 1.165) is 0 Å². The first kappa shape index (κ1) is 14.8. The van der Waals surface area contributed by atoms with Crippen LogP contribution in [0.15, 0.2) is 42.5 Å². The molecule has 1 heterocycles. The number of rotatable bonds is 3. The van der Waals surface area contributed by atoms with E-state index in [1.54, 1.807) is 26.0 Å². The van der Waals surface area contributed by atoms with Crippen molar-refractivity contribution in [2.45, 2.75) is 19.6 Å². The average Bonchev–Trinajstić information content (AvgIpc) is 2.47. The van der Waals surface area contributed by atoms with Crippen molar-refractivity contribution < 1.29 is 23.9 Å². The summed E-state index contributed by atoms with van der Waals surface area (Å²) in [5, 5.41) is 10.6. The Morgan fingerprint density at radius 3 is 2.35 bits per heavy atom. The Morgan fingerprint density at radius 1 is 1.04 bits per heavy atom. The summed E-state index contributed by atoms with van der Waals surface area (Å²) >= 11 is 0. The van der Waals surface area contributed by atoms with Gasteiger partial charge in [0, 0.05) is 26.0 Å². The number of hydrogen-bond acceptors (Lipinski definition) is 6. The predicted octanol–water partition coefficient (Wildman–Crippen LogP) is 3.67. The van der Waals surface area contributed by atoms with Crippen molar-refractivity contribution in [3.8, 4) is 17.2 Å². The SMILES string of the molecule is CC1(C)OC(=O)c2cc(Oc3ccc([N+](=O)[O-])cc3)ccc2O1. The Labute approximate surface area is 131 Å². The maximum absolute atomic E-state index is 12.0. The van der Waals surface area contributed by atoms with Crippen LogP contribution < -0.4 is 9.47 Å². The summed E-state index contributed by atoms with van der Waals surface area (Å²) in [6.45, 7) is 3.30. The molecule has 0 spiro atoms. The second-order valence-corrected chi connectivity index (χ2v) is 5.40. The van der Waals surface area contributed by atoms with Gasteiger partial charge in [-0.1, -0.05) is 0 Å². The minimum absolute atomic E-state index is 0.0259. The molecule has 0 radical (unpaired) electrons. The molecule has 0 saturated heterocycles. The summed E-state index contributed by atoms with van der Waals surface area (Å²) in [4.78, 5) is 22.1. The normalized spacial score (nSPS) is 15.1. The number of nitro benzene ring substituents is 1. The van der Waals surface area contributed by atoms with Gasteiger partial charge >= 0.3 is 5.97 Å². The van der Waals surface area contributed by atoms with Crippen LogP contribution in [-0.2, 0) is 4.74 Å². The van der Waals surface area contributed by atoms with Crippen LogP contribution in [0.5, 0.6) is 17.2 Å². The molecule has 118 valence electrons. The van der Waals surface area contributed by atoms with Gasteiger partial charge in [-0.25, -0.2) is 4.79 Å². The van der Waals surface area contributed by atoms with Gasteiger partial charge in [0.25, 0.3) is 5.69 Å². The molecule has 0 N–H and O–H groups in total. The zero-order valence-corrected chi connectivity index (χ0v) is 12.4. The minimum atomic E-state index is -1.01. The highest BCUT2D eigenvalue weighted by atomic mass is 16.7. The largest absolute Gasteiger partial charge is 0.457 e. The van der Waals surface area contributed by atoms with Crippen molar-refractivity contribution in [3.63, 3.8) is 0 Å². The molecular weight excluding hydrogens is 302 g/mol. The number of benzene rings is 2. The van der Waals surface area contributed by atoms with Gasteiger partial charge in [-0.15, -0.1) is 0 Å². The third-order valence-electron chi connectivity index (χ3n) is 3.15. The molecule has 23 heavy (non-hydrogen) atoms. The smallest absolute Gasteiger partial charge is 0.345 e. The van der Waals surface area contributed by atoms with Gasteiger partial charge in [-0.3, -0.25) is 10.1 Å². The van der Waals surface area contributed by atoms with E-state index in [4.69, 9.17) is 14.2 Å². The molecule has 0 unspecified atom stereocenters. The number of carbonyl (C=O) groups excluding carboxylic acids is 1. The molecule has 1 aliphatic heterocycles. The molecule has 0 aromatic heterocycles. The number of ether oxygens (including phenoxy) is 3. The Hall–Kier alpha value is -3.09. The first-order chi connectivity index (χ1) is 10.8. The van der Waals surface area contributed by atoms with Gasteiger partial charge in [-0.2, -0.15) is 0 Å². The lowest BCUT2D eigenvalue weighted by Gasteiger charge is -2.31. The fourth-order valence-corrected chi connectivity index (χ4v) is 2.16. The van der Waals surface area contributed by atoms with E-state index in [1.165, 1.54) is 30.3 Å². The number of fused-ring (bicyclic) bond motifs is 1. The molecule has 0 bridgehead atoms. The van der Waals surface area contributed by atoms with Gasteiger partial charge in [0.2, 0.25) is 5.79 Å². The van der Waals surface area contributed by atoms with Crippen molar-refractivity contribution in [2.75, 3.05) is 0 Å². The molecule has 0 fully saturated rings. The standard InChI is InChI=1S/C16H13NO6/c1-16(2)22-14-8-7-12(9-13(14)15(18)23-16)21-11-5-3-10(4-6-11)17(19)20/h3-9H,1-2H3. The van der Waals surface area contributed by atoms with Crippen molar-refractivity contribution in [3.05, 3.63) is 58.1 Å². The second-order valence-electron chi connectivity index (χ2n) is 5.40. The number of non-ortho nitro benzene ring substituents is 1. The van der Waals surface area contributed by atoms with Crippen molar-refractivity contribution in [2.24, 2.45) is 0 Å². The van der Waals surface area contributed by atoms with E-state index in [-0.39, 0.29) is 11.3 Å². The van der Waals surface area contributed by atoms with Crippen molar-refractivity contribution in [1.82, 2.24) is 0 Å². The highest BCUT2D eigenvalue weighted by Crippen LogP contribution is 2.35. The van der Waals surface area contributed by atoms with Crippen molar-refractivity contribution >= 4 is 11.7 Å². The monoisotopic (exact) mass is 315 g/mol.